The van der Waals surface area contributed by atoms with E-state index in [1.54, 1.807) is 0 Å². The number of nitrogens with one attached hydrogen (secondary N) is 1. The summed E-state index contributed by atoms with van der Waals surface area (Å²) in [4.78, 5) is 24.5. The average molecular weight is 307 g/mol. The fraction of sp³-hybridized carbons (Fsp3) is 0.562. The Morgan fingerprint density at radius 1 is 1.41 bits per heavy atom. The van der Waals surface area contributed by atoms with Crippen molar-refractivity contribution in [2.75, 3.05) is 6.61 Å². The first-order valence-electron chi connectivity index (χ1n) is 7.58. The third-order valence-electron chi connectivity index (χ3n) is 2.72. The van der Waals surface area contributed by atoms with Gasteiger partial charge in [0.15, 0.2) is 11.4 Å². The van der Waals surface area contributed by atoms with Gasteiger partial charge in [-0.3, -0.25) is 9.59 Å². The molecule has 1 N–H and O–H groups in total. The zero-order valence-electron chi connectivity index (χ0n) is 14.0. The Hall–Kier alpha value is -2.11. The molecule has 0 radical (unpaired) electrons. The molecule has 6 nitrogen and oxygen atoms in total. The monoisotopic (exact) mass is 307 g/mol. The van der Waals surface area contributed by atoms with E-state index in [4.69, 9.17) is 4.74 Å². The van der Waals surface area contributed by atoms with Crippen molar-refractivity contribution in [2.45, 2.75) is 53.5 Å². The molecule has 0 unspecified atom stereocenters. The van der Waals surface area contributed by atoms with E-state index >= 15 is 0 Å². The molecular weight excluding hydrogens is 282 g/mol. The number of ether oxygens (including phenoxy) is 1. The zero-order valence-corrected chi connectivity index (χ0v) is 14.0. The summed E-state index contributed by atoms with van der Waals surface area (Å²) < 4.78 is 6.97. The predicted molar refractivity (Wildman–Crippen MR) is 87.9 cm³/mol. The van der Waals surface area contributed by atoms with Gasteiger partial charge in [-0.15, -0.1) is 0 Å². The van der Waals surface area contributed by atoms with E-state index in [1.165, 1.54) is 16.9 Å². The molecule has 122 valence electrons. The summed E-state index contributed by atoms with van der Waals surface area (Å²) >= 11 is 0. The van der Waals surface area contributed by atoms with Gasteiger partial charge in [0.1, 0.15) is 0 Å². The van der Waals surface area contributed by atoms with E-state index in [2.05, 4.69) is 10.4 Å². The molecule has 1 rings (SSSR count). The van der Waals surface area contributed by atoms with Crippen LogP contribution in [0.2, 0.25) is 0 Å². The van der Waals surface area contributed by atoms with Crippen LogP contribution in [0.25, 0.3) is 0 Å². The lowest BCUT2D eigenvalue weighted by Gasteiger charge is -2.16. The van der Waals surface area contributed by atoms with Crippen LogP contribution in [0.5, 0.6) is 5.75 Å². The summed E-state index contributed by atoms with van der Waals surface area (Å²) in [7, 11) is 0. The molecule has 0 bridgehead atoms. The number of nitrogens with zero attached hydrogens (tertiary/aromatic N) is 2. The Morgan fingerprint density at radius 3 is 2.64 bits per heavy atom. The van der Waals surface area contributed by atoms with Crippen LogP contribution in [0.3, 0.4) is 0 Å². The van der Waals surface area contributed by atoms with Crippen LogP contribution in [0.4, 0.5) is 0 Å². The van der Waals surface area contributed by atoms with E-state index in [9.17, 15) is 9.59 Å². The molecule has 6 heteroatoms. The average Bonchev–Trinajstić information content (AvgIpc) is 2.40. The molecule has 0 aliphatic rings. The van der Waals surface area contributed by atoms with Crippen LogP contribution in [-0.2, 0) is 0 Å². The Kier molecular flexibility index (Phi) is 6.82. The summed E-state index contributed by atoms with van der Waals surface area (Å²) in [5.74, 6) is -0.316. The molecule has 0 aliphatic carbocycles. The molecular formula is C16H25N3O3. The van der Waals surface area contributed by atoms with Gasteiger partial charge >= 0.3 is 0 Å². The Morgan fingerprint density at radius 2 is 2.09 bits per heavy atom. The number of carbonyl (C=O) groups excluding carboxylic acids is 1. The molecule has 0 aromatic carbocycles. The second kappa shape index (κ2) is 8.36. The lowest BCUT2D eigenvalue weighted by atomic mass is 10.2. The number of unbranched alkanes of at least 4 members (excludes halogenated alkanes) is 1. The van der Waals surface area contributed by atoms with Gasteiger partial charge in [0.05, 0.1) is 6.61 Å². The smallest absolute Gasteiger partial charge is 0.274 e. The van der Waals surface area contributed by atoms with Crippen LogP contribution in [0.1, 0.15) is 57.9 Å². The lowest BCUT2D eigenvalue weighted by molar-refractivity contribution is 0.0928. The molecule has 0 saturated carbocycles. The number of rotatable bonds is 7. The van der Waals surface area contributed by atoms with Crippen LogP contribution in [-0.4, -0.2) is 28.9 Å². The minimum Gasteiger partial charge on any atom is -0.487 e. The topological polar surface area (TPSA) is 72.7 Å². The third kappa shape index (κ3) is 5.02. The van der Waals surface area contributed by atoms with Crippen molar-refractivity contribution in [3.05, 3.63) is 28.2 Å². The summed E-state index contributed by atoms with van der Waals surface area (Å²) in [5, 5.41) is 7.05. The maximum atomic E-state index is 12.4. The molecule has 0 spiro atoms. The number of aromatic nitrogens is 1. The first kappa shape index (κ1) is 17.9. The van der Waals surface area contributed by atoms with Gasteiger partial charge in [-0.25, -0.2) is 4.68 Å². The summed E-state index contributed by atoms with van der Waals surface area (Å²) in [6, 6.07) is 1.31. The van der Waals surface area contributed by atoms with Gasteiger partial charge in [0, 0.05) is 24.0 Å². The Labute approximate surface area is 131 Å². The maximum Gasteiger partial charge on any atom is 0.274 e. The predicted octanol–water partition coefficient (Wildman–Crippen LogP) is 2.41. The van der Waals surface area contributed by atoms with Crippen molar-refractivity contribution >= 4 is 11.6 Å². The third-order valence-corrected chi connectivity index (χ3v) is 2.72. The maximum absolute atomic E-state index is 12.4. The van der Waals surface area contributed by atoms with Crippen molar-refractivity contribution in [2.24, 2.45) is 5.10 Å². The number of amides is 1. The molecule has 0 fully saturated rings. The first-order chi connectivity index (χ1) is 10.4. The largest absolute Gasteiger partial charge is 0.487 e. The minimum absolute atomic E-state index is 0.0496. The van der Waals surface area contributed by atoms with Gasteiger partial charge in [0.25, 0.3) is 5.91 Å². The SMILES string of the molecule is CCCCOc1c(C(=O)NC(C)C)n(N=C(C)C)ccc1=O. The second-order valence-electron chi connectivity index (χ2n) is 5.58. The highest BCUT2D eigenvalue weighted by Gasteiger charge is 2.20. The number of pyridine rings is 1. The number of hydrogen-bond acceptors (Lipinski definition) is 4. The van der Waals surface area contributed by atoms with Gasteiger partial charge < -0.3 is 10.1 Å². The van der Waals surface area contributed by atoms with Crippen LogP contribution in [0, 0.1) is 0 Å². The van der Waals surface area contributed by atoms with Crippen molar-refractivity contribution in [1.29, 1.82) is 0 Å². The highest BCUT2D eigenvalue weighted by atomic mass is 16.5. The fourth-order valence-electron chi connectivity index (χ4n) is 1.80. The molecule has 1 aromatic heterocycles. The highest BCUT2D eigenvalue weighted by molar-refractivity contribution is 5.95. The number of carbonyl (C=O) groups is 1. The normalized spacial score (nSPS) is 10.5. The van der Waals surface area contributed by atoms with E-state index in [0.717, 1.165) is 18.6 Å². The molecule has 1 aromatic rings. The van der Waals surface area contributed by atoms with Gasteiger partial charge in [-0.2, -0.15) is 5.10 Å². The summed E-state index contributed by atoms with van der Waals surface area (Å²) in [6.45, 7) is 9.78. The Balaban J connectivity index is 3.35. The van der Waals surface area contributed by atoms with Gasteiger partial charge in [-0.05, 0) is 34.1 Å². The highest BCUT2D eigenvalue weighted by Crippen LogP contribution is 2.14. The van der Waals surface area contributed by atoms with Crippen molar-refractivity contribution in [3.8, 4) is 5.75 Å². The standard InChI is InChI=1S/C16H25N3O3/c1-6-7-10-22-15-13(20)8-9-19(18-12(4)5)14(15)16(21)17-11(2)3/h8-9,11H,6-7,10H2,1-5H3,(H,17,21). The molecule has 22 heavy (non-hydrogen) atoms. The van der Waals surface area contributed by atoms with Crippen LogP contribution < -0.4 is 15.5 Å². The molecule has 0 atom stereocenters. The first-order valence-corrected chi connectivity index (χ1v) is 7.58. The molecule has 1 amide bonds. The Bertz CT molecular complexity index is 599. The van der Waals surface area contributed by atoms with Gasteiger partial charge in [-0.1, -0.05) is 13.3 Å². The van der Waals surface area contributed by atoms with Crippen LogP contribution in [0.15, 0.2) is 22.2 Å². The van der Waals surface area contributed by atoms with Crippen LogP contribution >= 0.6 is 0 Å². The fourth-order valence-corrected chi connectivity index (χ4v) is 1.80. The summed E-state index contributed by atoms with van der Waals surface area (Å²) in [5.41, 5.74) is 0.588. The molecule has 0 saturated heterocycles. The molecule has 0 aliphatic heterocycles. The van der Waals surface area contributed by atoms with Gasteiger partial charge in [0.2, 0.25) is 5.43 Å². The lowest BCUT2D eigenvalue weighted by Crippen LogP contribution is -2.34. The zero-order chi connectivity index (χ0) is 16.7. The minimum atomic E-state index is -0.371. The van der Waals surface area contributed by atoms with E-state index in [1.807, 2.05) is 34.6 Å². The molecule has 1 heterocycles. The summed E-state index contributed by atoms with van der Waals surface area (Å²) in [6.07, 6.45) is 3.24. The van der Waals surface area contributed by atoms with E-state index in [-0.39, 0.29) is 28.8 Å². The van der Waals surface area contributed by atoms with E-state index < -0.39 is 0 Å². The number of hydrogen-bond donors (Lipinski definition) is 1. The van der Waals surface area contributed by atoms with E-state index in [0.29, 0.717) is 6.61 Å². The van der Waals surface area contributed by atoms with Crippen molar-refractivity contribution < 1.29 is 9.53 Å². The van der Waals surface area contributed by atoms with Crippen molar-refractivity contribution in [1.82, 2.24) is 9.99 Å². The second-order valence-corrected chi connectivity index (χ2v) is 5.58. The quantitative estimate of drug-likeness (QED) is 0.621. The van der Waals surface area contributed by atoms with Crippen molar-refractivity contribution in [3.63, 3.8) is 0 Å².